The van der Waals surface area contributed by atoms with Crippen LogP contribution in [0.15, 0.2) is 28.8 Å². The summed E-state index contributed by atoms with van der Waals surface area (Å²) in [5.74, 6) is -0.569. The van der Waals surface area contributed by atoms with Gasteiger partial charge in [-0.15, -0.1) is 0 Å². The van der Waals surface area contributed by atoms with Gasteiger partial charge in [0.15, 0.2) is 0 Å². The van der Waals surface area contributed by atoms with E-state index in [0.717, 1.165) is 0 Å². The minimum Gasteiger partial charge on any atom is -0.465 e. The highest BCUT2D eigenvalue weighted by atomic mass is 16.5. The lowest BCUT2D eigenvalue weighted by Crippen LogP contribution is -2.04. The van der Waals surface area contributed by atoms with Gasteiger partial charge in [0.1, 0.15) is 17.0 Å². The first kappa shape index (κ1) is 13.8. The smallest absolute Gasteiger partial charge is 0.343 e. The summed E-state index contributed by atoms with van der Waals surface area (Å²) in [6.45, 7) is 1.63. The van der Waals surface area contributed by atoms with Gasteiger partial charge in [-0.3, -0.25) is 0 Å². The summed E-state index contributed by atoms with van der Waals surface area (Å²) in [6.07, 6.45) is 0. The van der Waals surface area contributed by atoms with Crippen molar-refractivity contribution in [2.75, 3.05) is 14.2 Å². The maximum absolute atomic E-state index is 11.7. The third-order valence-corrected chi connectivity index (χ3v) is 2.83. The molecule has 2 rings (SSSR count). The number of hydrogen-bond acceptors (Lipinski definition) is 6. The number of methoxy groups -OCH3 is 2. The molecule has 0 radical (unpaired) electrons. The standard InChI is InChI=1S/C14H13NO5/c1-8-11(14(17)19-3)12(15-20-8)9-4-6-10(7-5-9)13(16)18-2/h4-7H,1-3H3. The molecule has 0 aliphatic rings. The van der Waals surface area contributed by atoms with E-state index in [0.29, 0.717) is 22.6 Å². The number of carbonyl (C=O) groups excluding carboxylic acids is 2. The lowest BCUT2D eigenvalue weighted by molar-refractivity contribution is 0.0590. The Morgan fingerprint density at radius 2 is 1.65 bits per heavy atom. The average molecular weight is 275 g/mol. The first-order chi connectivity index (χ1) is 9.58. The van der Waals surface area contributed by atoms with Gasteiger partial charge in [-0.05, 0) is 19.1 Å². The van der Waals surface area contributed by atoms with Crippen LogP contribution in [0.2, 0.25) is 0 Å². The molecule has 0 spiro atoms. The molecule has 0 saturated heterocycles. The summed E-state index contributed by atoms with van der Waals surface area (Å²) < 4.78 is 14.4. The van der Waals surface area contributed by atoms with Gasteiger partial charge in [-0.2, -0.15) is 0 Å². The molecule has 0 bridgehead atoms. The fourth-order valence-electron chi connectivity index (χ4n) is 1.79. The molecule has 0 aliphatic heterocycles. The van der Waals surface area contributed by atoms with Crippen molar-refractivity contribution in [1.82, 2.24) is 5.16 Å². The Kier molecular flexibility index (Phi) is 3.84. The van der Waals surface area contributed by atoms with Gasteiger partial charge in [0.2, 0.25) is 0 Å². The summed E-state index contributed by atoms with van der Waals surface area (Å²) in [4.78, 5) is 23.1. The SMILES string of the molecule is COC(=O)c1ccc(-c2noc(C)c2C(=O)OC)cc1. The average Bonchev–Trinajstić information content (AvgIpc) is 2.87. The van der Waals surface area contributed by atoms with Crippen molar-refractivity contribution in [3.05, 3.63) is 41.2 Å². The molecule has 0 saturated carbocycles. The molecule has 6 nitrogen and oxygen atoms in total. The third-order valence-electron chi connectivity index (χ3n) is 2.83. The highest BCUT2D eigenvalue weighted by Gasteiger charge is 2.22. The molecule has 1 heterocycles. The van der Waals surface area contributed by atoms with Crippen LogP contribution in [0.3, 0.4) is 0 Å². The molecule has 0 amide bonds. The summed E-state index contributed by atoms with van der Waals surface area (Å²) in [5.41, 5.74) is 1.72. The summed E-state index contributed by atoms with van der Waals surface area (Å²) in [7, 11) is 2.60. The van der Waals surface area contributed by atoms with Gasteiger partial charge in [-0.1, -0.05) is 17.3 Å². The van der Waals surface area contributed by atoms with Crippen molar-refractivity contribution in [3.63, 3.8) is 0 Å². The molecule has 20 heavy (non-hydrogen) atoms. The summed E-state index contributed by atoms with van der Waals surface area (Å²) in [6, 6.07) is 6.50. The van der Waals surface area contributed by atoms with E-state index in [1.165, 1.54) is 14.2 Å². The molecule has 1 aromatic carbocycles. The van der Waals surface area contributed by atoms with Gasteiger partial charge in [-0.25, -0.2) is 9.59 Å². The number of esters is 2. The lowest BCUT2D eigenvalue weighted by Gasteiger charge is -2.02. The Balaban J connectivity index is 2.42. The van der Waals surface area contributed by atoms with E-state index in [1.54, 1.807) is 31.2 Å². The topological polar surface area (TPSA) is 78.6 Å². The zero-order valence-electron chi connectivity index (χ0n) is 11.3. The predicted octanol–water partition coefficient (Wildman–Crippen LogP) is 2.22. The molecule has 1 aromatic heterocycles. The second-order valence-corrected chi connectivity index (χ2v) is 4.02. The molecule has 0 fully saturated rings. The van der Waals surface area contributed by atoms with E-state index in [4.69, 9.17) is 9.26 Å². The van der Waals surface area contributed by atoms with E-state index in [2.05, 4.69) is 9.89 Å². The number of rotatable bonds is 3. The van der Waals surface area contributed by atoms with E-state index in [1.807, 2.05) is 0 Å². The maximum Gasteiger partial charge on any atom is 0.343 e. The number of nitrogens with zero attached hydrogens (tertiary/aromatic N) is 1. The molecule has 0 aliphatic carbocycles. The van der Waals surface area contributed by atoms with E-state index < -0.39 is 11.9 Å². The van der Waals surface area contributed by atoms with Crippen molar-refractivity contribution in [2.24, 2.45) is 0 Å². The minimum absolute atomic E-state index is 0.276. The van der Waals surface area contributed by atoms with E-state index in [9.17, 15) is 9.59 Å². The van der Waals surface area contributed by atoms with Gasteiger partial charge in [0, 0.05) is 5.56 Å². The number of aryl methyl sites for hydroxylation is 1. The van der Waals surface area contributed by atoms with Crippen LogP contribution in [0.4, 0.5) is 0 Å². The van der Waals surface area contributed by atoms with E-state index in [-0.39, 0.29) is 5.56 Å². The van der Waals surface area contributed by atoms with Gasteiger partial charge in [0.25, 0.3) is 0 Å². The normalized spacial score (nSPS) is 10.2. The third kappa shape index (κ3) is 2.40. The Morgan fingerprint density at radius 1 is 1.05 bits per heavy atom. The summed E-state index contributed by atoms with van der Waals surface area (Å²) in [5, 5.41) is 3.86. The van der Waals surface area contributed by atoms with Crippen molar-refractivity contribution >= 4 is 11.9 Å². The molecular formula is C14H13NO5. The Bertz CT molecular complexity index is 642. The van der Waals surface area contributed by atoms with Gasteiger partial charge >= 0.3 is 11.9 Å². The number of carbonyl (C=O) groups is 2. The largest absolute Gasteiger partial charge is 0.465 e. The Morgan fingerprint density at radius 3 is 2.20 bits per heavy atom. The Labute approximate surface area is 115 Å². The Hall–Kier alpha value is -2.63. The van der Waals surface area contributed by atoms with Crippen LogP contribution in [-0.2, 0) is 9.47 Å². The highest BCUT2D eigenvalue weighted by molar-refractivity contribution is 5.97. The van der Waals surface area contributed by atoms with Crippen molar-refractivity contribution < 1.29 is 23.6 Å². The molecule has 0 N–H and O–H groups in total. The molecule has 2 aromatic rings. The summed E-state index contributed by atoms with van der Waals surface area (Å²) >= 11 is 0. The number of ether oxygens (including phenoxy) is 2. The van der Waals surface area contributed by atoms with Gasteiger partial charge in [0.05, 0.1) is 19.8 Å². The molecular weight excluding hydrogens is 262 g/mol. The zero-order valence-corrected chi connectivity index (χ0v) is 11.3. The van der Waals surface area contributed by atoms with Crippen LogP contribution in [0, 0.1) is 6.92 Å². The highest BCUT2D eigenvalue weighted by Crippen LogP contribution is 2.26. The number of hydrogen-bond donors (Lipinski definition) is 0. The van der Waals surface area contributed by atoms with Crippen LogP contribution >= 0.6 is 0 Å². The maximum atomic E-state index is 11.7. The van der Waals surface area contributed by atoms with Crippen molar-refractivity contribution in [1.29, 1.82) is 0 Å². The first-order valence-electron chi connectivity index (χ1n) is 5.81. The van der Waals surface area contributed by atoms with Crippen LogP contribution in [0.25, 0.3) is 11.3 Å². The lowest BCUT2D eigenvalue weighted by atomic mass is 10.0. The van der Waals surface area contributed by atoms with Crippen LogP contribution < -0.4 is 0 Å². The number of benzene rings is 1. The minimum atomic E-state index is -0.518. The molecule has 104 valence electrons. The fourth-order valence-corrected chi connectivity index (χ4v) is 1.79. The van der Waals surface area contributed by atoms with Crippen molar-refractivity contribution in [2.45, 2.75) is 6.92 Å². The van der Waals surface area contributed by atoms with E-state index >= 15 is 0 Å². The first-order valence-corrected chi connectivity index (χ1v) is 5.81. The number of aromatic nitrogens is 1. The molecule has 0 unspecified atom stereocenters. The zero-order chi connectivity index (χ0) is 14.7. The monoisotopic (exact) mass is 275 g/mol. The second-order valence-electron chi connectivity index (χ2n) is 4.02. The van der Waals surface area contributed by atoms with Gasteiger partial charge < -0.3 is 14.0 Å². The molecule has 0 atom stereocenters. The second kappa shape index (κ2) is 5.56. The molecule has 6 heteroatoms. The van der Waals surface area contributed by atoms with Crippen molar-refractivity contribution in [3.8, 4) is 11.3 Å². The van der Waals surface area contributed by atoms with Crippen LogP contribution in [-0.4, -0.2) is 31.3 Å². The van der Waals surface area contributed by atoms with Crippen LogP contribution in [0.5, 0.6) is 0 Å². The quantitative estimate of drug-likeness (QED) is 0.799. The predicted molar refractivity (Wildman–Crippen MR) is 69.4 cm³/mol. The van der Waals surface area contributed by atoms with Crippen LogP contribution in [0.1, 0.15) is 26.5 Å². The fraction of sp³-hybridized carbons (Fsp3) is 0.214.